The van der Waals surface area contributed by atoms with Crippen LogP contribution in [0.5, 0.6) is 0 Å². The van der Waals surface area contributed by atoms with Gasteiger partial charge in [0, 0.05) is 17.8 Å². The van der Waals surface area contributed by atoms with Gasteiger partial charge in [0.05, 0.1) is 10.5 Å². The van der Waals surface area contributed by atoms with Gasteiger partial charge in [-0.2, -0.15) is 5.26 Å². The van der Waals surface area contributed by atoms with Gasteiger partial charge in [0.1, 0.15) is 6.07 Å². The molecule has 6 nitrogen and oxygen atoms in total. The van der Waals surface area contributed by atoms with Crippen molar-refractivity contribution in [2.24, 2.45) is 0 Å². The molecule has 0 saturated carbocycles. The molecule has 0 heterocycles. The summed E-state index contributed by atoms with van der Waals surface area (Å²) in [5.41, 5.74) is 5.04. The molecular formula is C12H17N3O3S. The van der Waals surface area contributed by atoms with E-state index in [-0.39, 0.29) is 23.5 Å². The van der Waals surface area contributed by atoms with Crippen molar-refractivity contribution in [3.8, 4) is 6.07 Å². The average Bonchev–Trinajstić information content (AvgIpc) is 2.26. The van der Waals surface area contributed by atoms with Gasteiger partial charge < -0.3 is 10.8 Å². The van der Waals surface area contributed by atoms with Crippen LogP contribution < -0.4 is 10.5 Å². The third-order valence-corrected chi connectivity index (χ3v) is 4.32. The summed E-state index contributed by atoms with van der Waals surface area (Å²) in [6, 6.07) is 5.85. The van der Waals surface area contributed by atoms with E-state index in [0.717, 1.165) is 0 Å². The lowest BCUT2D eigenvalue weighted by Crippen LogP contribution is -2.44. The quantitative estimate of drug-likeness (QED) is 0.683. The second-order valence-electron chi connectivity index (χ2n) is 4.83. The van der Waals surface area contributed by atoms with Gasteiger partial charge in [-0.15, -0.1) is 0 Å². The first-order valence-electron chi connectivity index (χ1n) is 5.66. The van der Waals surface area contributed by atoms with Crippen molar-refractivity contribution in [2.75, 3.05) is 12.3 Å². The first kappa shape index (κ1) is 15.4. The van der Waals surface area contributed by atoms with Crippen LogP contribution in [0.25, 0.3) is 0 Å². The van der Waals surface area contributed by atoms with Crippen molar-refractivity contribution in [1.29, 1.82) is 5.26 Å². The van der Waals surface area contributed by atoms with Crippen molar-refractivity contribution in [3.05, 3.63) is 23.8 Å². The van der Waals surface area contributed by atoms with E-state index in [9.17, 15) is 8.42 Å². The zero-order chi connectivity index (χ0) is 14.7. The molecule has 0 saturated heterocycles. The number of benzene rings is 1. The smallest absolute Gasteiger partial charge is 0.242 e. The molecule has 19 heavy (non-hydrogen) atoms. The molecule has 104 valence electrons. The number of nitriles is 1. The average molecular weight is 283 g/mol. The lowest BCUT2D eigenvalue weighted by molar-refractivity contribution is 0.246. The molecule has 4 N–H and O–H groups in total. The number of nitrogens with two attached hydrogens (primary N) is 1. The molecule has 7 heteroatoms. The normalized spacial score (nSPS) is 12.1. The molecular weight excluding hydrogens is 266 g/mol. The van der Waals surface area contributed by atoms with E-state index in [1.807, 2.05) is 6.07 Å². The van der Waals surface area contributed by atoms with Gasteiger partial charge in [-0.05, 0) is 38.5 Å². The van der Waals surface area contributed by atoms with E-state index in [0.29, 0.717) is 5.69 Å². The number of hydrogen-bond acceptors (Lipinski definition) is 5. The van der Waals surface area contributed by atoms with Gasteiger partial charge in [0.2, 0.25) is 10.0 Å². The highest BCUT2D eigenvalue weighted by Gasteiger charge is 2.27. The Hall–Kier alpha value is -1.62. The molecule has 0 amide bonds. The molecule has 0 spiro atoms. The summed E-state index contributed by atoms with van der Waals surface area (Å²) in [7, 11) is -3.84. The predicted molar refractivity (Wildman–Crippen MR) is 71.7 cm³/mol. The number of hydrogen-bond donors (Lipinski definition) is 3. The van der Waals surface area contributed by atoms with E-state index in [4.69, 9.17) is 16.1 Å². The van der Waals surface area contributed by atoms with Gasteiger partial charge in [-0.3, -0.25) is 0 Å². The highest BCUT2D eigenvalue weighted by Crippen LogP contribution is 2.20. The number of anilines is 1. The maximum atomic E-state index is 12.2. The van der Waals surface area contributed by atoms with Crippen LogP contribution in [0.4, 0.5) is 5.69 Å². The number of aliphatic hydroxyl groups is 1. The largest absolute Gasteiger partial charge is 0.399 e. The number of nitrogens with zero attached hydrogens (tertiary/aromatic N) is 1. The Morgan fingerprint density at radius 2 is 2.11 bits per heavy atom. The second kappa shape index (κ2) is 5.57. The molecule has 0 atom stereocenters. The number of nitrogens with one attached hydrogen (secondary N) is 1. The van der Waals surface area contributed by atoms with Crippen LogP contribution >= 0.6 is 0 Å². The maximum Gasteiger partial charge on any atom is 0.242 e. The van der Waals surface area contributed by atoms with Crippen molar-refractivity contribution in [1.82, 2.24) is 4.72 Å². The van der Waals surface area contributed by atoms with E-state index in [1.165, 1.54) is 18.2 Å². The summed E-state index contributed by atoms with van der Waals surface area (Å²) in [4.78, 5) is -0.116. The van der Waals surface area contributed by atoms with Gasteiger partial charge in [-0.1, -0.05) is 0 Å². The SMILES string of the molecule is CC(C)(CCO)NS(=O)(=O)c1ccc(N)cc1C#N. The summed E-state index contributed by atoms with van der Waals surface area (Å²) in [6.07, 6.45) is 0.267. The van der Waals surface area contributed by atoms with Crippen LogP contribution in [-0.2, 0) is 10.0 Å². The number of sulfonamides is 1. The van der Waals surface area contributed by atoms with E-state index < -0.39 is 15.6 Å². The van der Waals surface area contributed by atoms with E-state index in [1.54, 1.807) is 13.8 Å². The second-order valence-corrected chi connectivity index (χ2v) is 6.48. The Morgan fingerprint density at radius 1 is 1.47 bits per heavy atom. The Balaban J connectivity index is 3.19. The minimum atomic E-state index is -3.84. The molecule has 0 bridgehead atoms. The van der Waals surface area contributed by atoms with Crippen LogP contribution in [0, 0.1) is 11.3 Å². The van der Waals surface area contributed by atoms with Crippen LogP contribution in [-0.4, -0.2) is 25.7 Å². The van der Waals surface area contributed by atoms with Gasteiger partial charge in [0.25, 0.3) is 0 Å². The summed E-state index contributed by atoms with van der Waals surface area (Å²) in [5.74, 6) is 0. The lowest BCUT2D eigenvalue weighted by atomic mass is 10.0. The standard InChI is InChI=1S/C12H17N3O3S/c1-12(2,5-6-16)15-19(17,18)11-4-3-10(14)7-9(11)8-13/h3-4,7,15-16H,5-6,14H2,1-2H3. The van der Waals surface area contributed by atoms with Gasteiger partial charge in [-0.25, -0.2) is 13.1 Å². The van der Waals surface area contributed by atoms with Crippen LogP contribution in [0.15, 0.2) is 23.1 Å². The number of nitrogen functional groups attached to an aromatic ring is 1. The Labute approximate surface area is 112 Å². The zero-order valence-electron chi connectivity index (χ0n) is 10.8. The fourth-order valence-corrected chi connectivity index (χ4v) is 3.20. The minimum Gasteiger partial charge on any atom is -0.399 e. The highest BCUT2D eigenvalue weighted by molar-refractivity contribution is 7.89. The molecule has 0 fully saturated rings. The van der Waals surface area contributed by atoms with Crippen molar-refractivity contribution >= 4 is 15.7 Å². The van der Waals surface area contributed by atoms with E-state index in [2.05, 4.69) is 4.72 Å². The van der Waals surface area contributed by atoms with Crippen molar-refractivity contribution in [2.45, 2.75) is 30.7 Å². The Bertz CT molecular complexity index is 603. The molecule has 0 aliphatic rings. The Morgan fingerprint density at radius 3 is 2.63 bits per heavy atom. The summed E-state index contributed by atoms with van der Waals surface area (Å²) >= 11 is 0. The van der Waals surface area contributed by atoms with Crippen LogP contribution in [0.2, 0.25) is 0 Å². The lowest BCUT2D eigenvalue weighted by Gasteiger charge is -2.25. The third kappa shape index (κ3) is 3.92. The van der Waals surface area contributed by atoms with Crippen LogP contribution in [0.3, 0.4) is 0 Å². The number of aliphatic hydroxyl groups excluding tert-OH is 1. The van der Waals surface area contributed by atoms with Crippen molar-refractivity contribution < 1.29 is 13.5 Å². The Kier molecular flexibility index (Phi) is 4.52. The summed E-state index contributed by atoms with van der Waals surface area (Å²) < 4.78 is 26.9. The summed E-state index contributed by atoms with van der Waals surface area (Å²) in [6.45, 7) is 3.18. The van der Waals surface area contributed by atoms with Crippen molar-refractivity contribution in [3.63, 3.8) is 0 Å². The topological polar surface area (TPSA) is 116 Å². The first-order valence-corrected chi connectivity index (χ1v) is 7.14. The third-order valence-electron chi connectivity index (χ3n) is 2.56. The molecule has 0 radical (unpaired) electrons. The molecule has 1 aromatic carbocycles. The highest BCUT2D eigenvalue weighted by atomic mass is 32.2. The molecule has 0 aliphatic carbocycles. The number of rotatable bonds is 5. The molecule has 1 rings (SSSR count). The molecule has 0 unspecified atom stereocenters. The summed E-state index contributed by atoms with van der Waals surface area (Å²) in [5, 5.41) is 17.9. The predicted octanol–water partition coefficient (Wildman–Crippen LogP) is 0.580. The molecule has 1 aromatic rings. The van der Waals surface area contributed by atoms with E-state index >= 15 is 0 Å². The fourth-order valence-electron chi connectivity index (χ4n) is 1.62. The zero-order valence-corrected chi connectivity index (χ0v) is 11.7. The molecule has 0 aromatic heterocycles. The van der Waals surface area contributed by atoms with Gasteiger partial charge in [0.15, 0.2) is 0 Å². The fraction of sp³-hybridized carbons (Fsp3) is 0.417. The monoisotopic (exact) mass is 283 g/mol. The van der Waals surface area contributed by atoms with Crippen LogP contribution in [0.1, 0.15) is 25.8 Å². The first-order chi connectivity index (χ1) is 8.72. The maximum absolute atomic E-state index is 12.2. The minimum absolute atomic E-state index is 0.00713. The van der Waals surface area contributed by atoms with Gasteiger partial charge >= 0.3 is 0 Å². The molecule has 0 aliphatic heterocycles.